The van der Waals surface area contributed by atoms with Crippen molar-refractivity contribution in [2.45, 2.75) is 33.5 Å². The number of esters is 1. The molecule has 0 aromatic carbocycles. The Kier molecular flexibility index (Phi) is 7.90. The lowest BCUT2D eigenvalue weighted by molar-refractivity contribution is -0.253. The van der Waals surface area contributed by atoms with Crippen LogP contribution in [0.1, 0.15) is 27.2 Å². The Morgan fingerprint density at radius 2 is 2.00 bits per heavy atom. The van der Waals surface area contributed by atoms with Gasteiger partial charge in [0.05, 0.1) is 5.92 Å². The zero-order chi connectivity index (χ0) is 15.1. The van der Waals surface area contributed by atoms with Gasteiger partial charge in [-0.1, -0.05) is 13.8 Å². The molecule has 0 bridgehead atoms. The number of hydroxylamine groups is 2. The molecule has 0 heterocycles. The first-order chi connectivity index (χ1) is 8.65. The van der Waals surface area contributed by atoms with Crippen LogP contribution in [-0.4, -0.2) is 48.0 Å². The van der Waals surface area contributed by atoms with E-state index in [9.17, 15) is 14.2 Å². The molecular formula is C11H22NO6P. The number of rotatable bonds is 9. The van der Waals surface area contributed by atoms with Gasteiger partial charge in [-0.2, -0.15) is 0 Å². The Bertz CT molecular complexity index is 340. The Hall–Kier alpha value is -0.910. The Balaban J connectivity index is 4.08. The fourth-order valence-electron chi connectivity index (χ4n) is 1.16. The summed E-state index contributed by atoms with van der Waals surface area (Å²) >= 11 is 0. The summed E-state index contributed by atoms with van der Waals surface area (Å²) in [6.45, 7) is 6.28. The van der Waals surface area contributed by atoms with Crippen LogP contribution >= 0.6 is 7.37 Å². The van der Waals surface area contributed by atoms with Crippen LogP contribution in [0, 0.1) is 5.92 Å². The van der Waals surface area contributed by atoms with Gasteiger partial charge in [0.15, 0.2) is 7.37 Å². The van der Waals surface area contributed by atoms with Gasteiger partial charge in [0.25, 0.3) is 0 Å². The molecule has 1 amide bonds. The van der Waals surface area contributed by atoms with E-state index in [1.807, 2.05) is 0 Å². The standard InChI is InChI=1S/C11H22NO6P/c1-9(2)11(14)17-10(3)18-12(8-13)6-5-7-19(4,15)16/h8-10H,5-7H2,1-4H3,(H,15,16). The number of carbonyl (C=O) groups is 2. The molecule has 0 aliphatic heterocycles. The van der Waals surface area contributed by atoms with Crippen molar-refractivity contribution in [2.24, 2.45) is 5.92 Å². The predicted octanol–water partition coefficient (Wildman–Crippen LogP) is 1.21. The van der Waals surface area contributed by atoms with E-state index in [0.717, 1.165) is 5.06 Å². The van der Waals surface area contributed by atoms with Crippen LogP contribution in [0.15, 0.2) is 0 Å². The minimum atomic E-state index is -3.09. The molecule has 0 spiro atoms. The largest absolute Gasteiger partial charge is 0.434 e. The molecule has 0 aromatic rings. The van der Waals surface area contributed by atoms with Gasteiger partial charge in [-0.3, -0.25) is 14.2 Å². The second kappa shape index (κ2) is 8.30. The molecule has 0 saturated carbocycles. The highest BCUT2D eigenvalue weighted by atomic mass is 31.2. The van der Waals surface area contributed by atoms with Gasteiger partial charge in [0, 0.05) is 26.3 Å². The number of hydrogen-bond donors (Lipinski definition) is 1. The van der Waals surface area contributed by atoms with Crippen molar-refractivity contribution < 1.29 is 28.6 Å². The first kappa shape index (κ1) is 18.1. The number of ether oxygens (including phenoxy) is 1. The van der Waals surface area contributed by atoms with E-state index in [1.165, 1.54) is 13.6 Å². The molecular weight excluding hydrogens is 273 g/mol. The summed E-state index contributed by atoms with van der Waals surface area (Å²) in [4.78, 5) is 36.2. The monoisotopic (exact) mass is 295 g/mol. The first-order valence-corrected chi connectivity index (χ1v) is 8.33. The van der Waals surface area contributed by atoms with Gasteiger partial charge < -0.3 is 9.63 Å². The van der Waals surface area contributed by atoms with Gasteiger partial charge in [0.1, 0.15) is 0 Å². The molecule has 2 atom stereocenters. The van der Waals surface area contributed by atoms with Crippen LogP contribution in [0.25, 0.3) is 0 Å². The Morgan fingerprint density at radius 1 is 1.42 bits per heavy atom. The molecule has 0 aliphatic carbocycles. The molecule has 112 valence electrons. The summed E-state index contributed by atoms with van der Waals surface area (Å²) < 4.78 is 16.0. The fourth-order valence-corrected chi connectivity index (χ4v) is 1.89. The third-order valence-corrected chi connectivity index (χ3v) is 3.25. The molecule has 7 nitrogen and oxygen atoms in total. The smallest absolute Gasteiger partial charge is 0.310 e. The number of carbonyl (C=O) groups excluding carboxylic acids is 2. The van der Waals surface area contributed by atoms with E-state index in [4.69, 9.17) is 14.5 Å². The van der Waals surface area contributed by atoms with E-state index in [1.54, 1.807) is 13.8 Å². The second-order valence-electron chi connectivity index (χ2n) is 4.64. The predicted molar refractivity (Wildman–Crippen MR) is 69.5 cm³/mol. The number of nitrogens with zero attached hydrogens (tertiary/aromatic N) is 1. The van der Waals surface area contributed by atoms with Crippen LogP contribution < -0.4 is 0 Å². The van der Waals surface area contributed by atoms with E-state index >= 15 is 0 Å². The third kappa shape index (κ3) is 9.64. The average molecular weight is 295 g/mol. The maximum atomic E-state index is 11.3. The zero-order valence-corrected chi connectivity index (χ0v) is 12.6. The topological polar surface area (TPSA) is 93.1 Å². The summed E-state index contributed by atoms with van der Waals surface area (Å²) in [5, 5.41) is 0.952. The quantitative estimate of drug-likeness (QED) is 0.226. The minimum absolute atomic E-state index is 0.0981. The van der Waals surface area contributed by atoms with E-state index in [0.29, 0.717) is 12.8 Å². The lowest BCUT2D eigenvalue weighted by Crippen LogP contribution is -2.32. The molecule has 0 aliphatic rings. The SMILES string of the molecule is CC(OC(=O)C(C)C)ON(C=O)CCCP(C)(=O)O. The first-order valence-electron chi connectivity index (χ1n) is 6.04. The van der Waals surface area contributed by atoms with Crippen molar-refractivity contribution in [3.8, 4) is 0 Å². The van der Waals surface area contributed by atoms with Gasteiger partial charge in [-0.25, -0.2) is 9.90 Å². The number of amides is 1. The van der Waals surface area contributed by atoms with Crippen molar-refractivity contribution in [1.82, 2.24) is 5.06 Å². The molecule has 1 N–H and O–H groups in total. The number of hydrogen-bond acceptors (Lipinski definition) is 5. The lowest BCUT2D eigenvalue weighted by atomic mass is 10.2. The molecule has 0 saturated heterocycles. The zero-order valence-electron chi connectivity index (χ0n) is 11.7. The molecule has 8 heteroatoms. The van der Waals surface area contributed by atoms with E-state index < -0.39 is 19.6 Å². The highest BCUT2D eigenvalue weighted by molar-refractivity contribution is 7.57. The second-order valence-corrected chi connectivity index (χ2v) is 7.19. The molecule has 0 aromatic heterocycles. The van der Waals surface area contributed by atoms with Crippen LogP contribution in [0.4, 0.5) is 0 Å². The van der Waals surface area contributed by atoms with Gasteiger partial charge in [-0.05, 0) is 6.42 Å². The maximum absolute atomic E-state index is 11.3. The highest BCUT2D eigenvalue weighted by Gasteiger charge is 2.17. The van der Waals surface area contributed by atoms with Crippen LogP contribution in [-0.2, 0) is 23.7 Å². The van der Waals surface area contributed by atoms with Crippen molar-refractivity contribution in [3.63, 3.8) is 0 Å². The third-order valence-electron chi connectivity index (χ3n) is 2.11. The van der Waals surface area contributed by atoms with Crippen molar-refractivity contribution in [1.29, 1.82) is 0 Å². The Morgan fingerprint density at radius 3 is 2.42 bits per heavy atom. The molecule has 19 heavy (non-hydrogen) atoms. The summed E-state index contributed by atoms with van der Waals surface area (Å²) in [7, 11) is -3.09. The van der Waals surface area contributed by atoms with Gasteiger partial charge in [0.2, 0.25) is 12.7 Å². The highest BCUT2D eigenvalue weighted by Crippen LogP contribution is 2.35. The van der Waals surface area contributed by atoms with E-state index in [-0.39, 0.29) is 18.6 Å². The van der Waals surface area contributed by atoms with E-state index in [2.05, 4.69) is 0 Å². The van der Waals surface area contributed by atoms with Crippen LogP contribution in [0.2, 0.25) is 0 Å². The van der Waals surface area contributed by atoms with Crippen LogP contribution in [0.5, 0.6) is 0 Å². The summed E-state index contributed by atoms with van der Waals surface area (Å²) in [6, 6.07) is 0. The molecule has 2 unspecified atom stereocenters. The van der Waals surface area contributed by atoms with Gasteiger partial charge >= 0.3 is 5.97 Å². The summed E-state index contributed by atoms with van der Waals surface area (Å²) in [6.07, 6.45) is -0.0190. The van der Waals surface area contributed by atoms with Crippen molar-refractivity contribution in [3.05, 3.63) is 0 Å². The fraction of sp³-hybridized carbons (Fsp3) is 0.818. The maximum Gasteiger partial charge on any atom is 0.310 e. The minimum Gasteiger partial charge on any atom is -0.434 e. The lowest BCUT2D eigenvalue weighted by Gasteiger charge is -2.22. The van der Waals surface area contributed by atoms with Crippen molar-refractivity contribution in [2.75, 3.05) is 19.4 Å². The summed E-state index contributed by atoms with van der Waals surface area (Å²) in [5.74, 6) is -0.706. The Labute approximate surface area is 113 Å². The van der Waals surface area contributed by atoms with Crippen molar-refractivity contribution >= 4 is 19.7 Å². The molecule has 0 radical (unpaired) electrons. The molecule has 0 fully saturated rings. The summed E-state index contributed by atoms with van der Waals surface area (Å²) in [5.41, 5.74) is 0. The normalized spacial score (nSPS) is 15.7. The van der Waals surface area contributed by atoms with Gasteiger partial charge in [-0.15, -0.1) is 0 Å². The average Bonchev–Trinajstić information content (AvgIpc) is 2.25. The van der Waals surface area contributed by atoms with Crippen LogP contribution in [0.3, 0.4) is 0 Å². The molecule has 0 rings (SSSR count).